The van der Waals surface area contributed by atoms with Crippen LogP contribution in [0.15, 0.2) is 47.3 Å². The quantitative estimate of drug-likeness (QED) is 0.421. The van der Waals surface area contributed by atoms with Crippen molar-refractivity contribution in [1.29, 1.82) is 0 Å². The molecule has 3 heterocycles. The van der Waals surface area contributed by atoms with Crippen LogP contribution in [0, 0.1) is 24.0 Å². The lowest BCUT2D eigenvalue weighted by atomic mass is 9.66. The molecule has 3 aromatic heterocycles. The number of hydrogen-bond acceptors (Lipinski definition) is 6. The van der Waals surface area contributed by atoms with Crippen LogP contribution >= 0.6 is 0 Å². The molecule has 4 aromatic rings. The Morgan fingerprint density at radius 1 is 1.00 bits per heavy atom. The molecule has 166 valence electrons. The molecule has 2 aliphatic carbocycles. The third kappa shape index (κ3) is 2.60. The van der Waals surface area contributed by atoms with Gasteiger partial charge in [0.15, 0.2) is 5.89 Å². The van der Waals surface area contributed by atoms with E-state index in [4.69, 9.17) is 9.40 Å². The van der Waals surface area contributed by atoms with Crippen LogP contribution in [0.2, 0.25) is 0 Å². The maximum absolute atomic E-state index is 14.4. The number of rotatable bonds is 3. The zero-order chi connectivity index (χ0) is 23.0. The summed E-state index contributed by atoms with van der Waals surface area (Å²) in [5.74, 6) is -0.580. The second-order valence-electron chi connectivity index (χ2n) is 9.39. The highest BCUT2D eigenvalue weighted by Gasteiger charge is 2.65. The van der Waals surface area contributed by atoms with Crippen molar-refractivity contribution in [2.45, 2.75) is 44.9 Å². The van der Waals surface area contributed by atoms with Gasteiger partial charge in [0.2, 0.25) is 0 Å². The molecule has 6 nitrogen and oxygen atoms in total. The molecule has 0 spiro atoms. The first-order valence-electron chi connectivity index (χ1n) is 10.9. The average molecular weight is 445 g/mol. The fourth-order valence-electron chi connectivity index (χ4n) is 5.93. The van der Waals surface area contributed by atoms with E-state index in [9.17, 15) is 8.78 Å². The van der Waals surface area contributed by atoms with E-state index in [1.165, 1.54) is 18.2 Å². The Bertz CT molecular complexity index is 1400. The highest BCUT2D eigenvalue weighted by molar-refractivity contribution is 5.64. The third-order valence-corrected chi connectivity index (χ3v) is 7.55. The summed E-state index contributed by atoms with van der Waals surface area (Å²) in [6.07, 6.45) is 6.78. The molecule has 2 atom stereocenters. The molecule has 0 unspecified atom stereocenters. The number of halogens is 2. The van der Waals surface area contributed by atoms with Crippen molar-refractivity contribution in [3.63, 3.8) is 0 Å². The summed E-state index contributed by atoms with van der Waals surface area (Å²) in [7, 11) is 0. The summed E-state index contributed by atoms with van der Waals surface area (Å²) < 4.78 is 34.2. The summed E-state index contributed by atoms with van der Waals surface area (Å²) in [5.41, 5.74) is 3.16. The molecule has 2 aliphatic rings. The number of aryl methyl sites for hydroxylation is 1. The number of benzene rings is 1. The third-order valence-electron chi connectivity index (χ3n) is 7.55. The number of oxazole rings is 1. The molecule has 0 radical (unpaired) electrons. The van der Waals surface area contributed by atoms with Gasteiger partial charge >= 0.3 is 0 Å². The zero-order valence-electron chi connectivity index (χ0n) is 18.4. The first-order chi connectivity index (χ1) is 15.8. The van der Waals surface area contributed by atoms with E-state index in [2.05, 4.69) is 34.0 Å². The highest BCUT2D eigenvalue weighted by atomic mass is 19.1. The Morgan fingerprint density at radius 3 is 2.52 bits per heavy atom. The van der Waals surface area contributed by atoms with Gasteiger partial charge in [-0.05, 0) is 47.9 Å². The molecule has 0 amide bonds. The van der Waals surface area contributed by atoms with E-state index in [-0.39, 0.29) is 22.6 Å². The molecule has 1 aromatic carbocycles. The molecule has 1 fully saturated rings. The maximum Gasteiger partial charge on any atom is 0.191 e. The second-order valence-corrected chi connectivity index (χ2v) is 9.39. The molecule has 0 aliphatic heterocycles. The van der Waals surface area contributed by atoms with E-state index < -0.39 is 17.0 Å². The predicted molar refractivity (Wildman–Crippen MR) is 116 cm³/mol. The van der Waals surface area contributed by atoms with E-state index in [0.29, 0.717) is 17.3 Å². The van der Waals surface area contributed by atoms with Crippen LogP contribution in [0.25, 0.3) is 22.6 Å². The van der Waals surface area contributed by atoms with Crippen molar-refractivity contribution >= 4 is 0 Å². The summed E-state index contributed by atoms with van der Waals surface area (Å²) in [6.45, 7) is 6.18. The zero-order valence-corrected chi connectivity index (χ0v) is 18.4. The lowest BCUT2D eigenvalue weighted by Gasteiger charge is -2.37. The molecule has 33 heavy (non-hydrogen) atoms. The maximum atomic E-state index is 14.4. The van der Waals surface area contributed by atoms with Crippen LogP contribution < -0.4 is 0 Å². The van der Waals surface area contributed by atoms with Crippen molar-refractivity contribution in [3.8, 4) is 22.6 Å². The van der Waals surface area contributed by atoms with E-state index in [0.717, 1.165) is 29.8 Å². The normalized spacial score (nSPS) is 22.5. The molecule has 1 saturated carbocycles. The van der Waals surface area contributed by atoms with Crippen molar-refractivity contribution in [1.82, 2.24) is 25.1 Å². The van der Waals surface area contributed by atoms with Crippen LogP contribution in [-0.2, 0) is 5.41 Å². The molecule has 0 saturated heterocycles. The SMILES string of the molecule is Cc1nc(-c2cncc([C@@]34CC[C@@H](c5cc(-c6c(F)cccc6F)nnc53)C4(C)C)n2)co1. The van der Waals surface area contributed by atoms with Crippen molar-refractivity contribution in [3.05, 3.63) is 77.4 Å². The van der Waals surface area contributed by atoms with Gasteiger partial charge in [0.05, 0.1) is 34.3 Å². The molecule has 0 N–H and O–H groups in total. The van der Waals surface area contributed by atoms with Crippen molar-refractivity contribution in [2.24, 2.45) is 5.41 Å². The van der Waals surface area contributed by atoms with Gasteiger partial charge in [-0.25, -0.2) is 18.7 Å². The summed E-state index contributed by atoms with van der Waals surface area (Å²) in [4.78, 5) is 13.8. The fourth-order valence-corrected chi connectivity index (χ4v) is 5.93. The molecule has 8 heteroatoms. The largest absolute Gasteiger partial charge is 0.449 e. The lowest BCUT2D eigenvalue weighted by molar-refractivity contribution is 0.242. The highest BCUT2D eigenvalue weighted by Crippen LogP contribution is 2.69. The summed E-state index contributed by atoms with van der Waals surface area (Å²) in [5, 5.41) is 8.84. The molecule has 6 rings (SSSR count). The fraction of sp³-hybridized carbons (Fsp3) is 0.320. The van der Waals surface area contributed by atoms with Crippen LogP contribution in [0.5, 0.6) is 0 Å². The van der Waals surface area contributed by atoms with Gasteiger partial charge in [-0.2, -0.15) is 5.10 Å². The molecular weight excluding hydrogens is 424 g/mol. The van der Waals surface area contributed by atoms with Crippen LogP contribution in [0.3, 0.4) is 0 Å². The van der Waals surface area contributed by atoms with Gasteiger partial charge in [0.25, 0.3) is 0 Å². The predicted octanol–water partition coefficient (Wildman–Crippen LogP) is 5.38. The lowest BCUT2D eigenvalue weighted by Crippen LogP contribution is -2.38. The Morgan fingerprint density at radius 2 is 1.79 bits per heavy atom. The van der Waals surface area contributed by atoms with Crippen LogP contribution in [-0.4, -0.2) is 25.1 Å². The minimum absolute atomic E-state index is 0.148. The van der Waals surface area contributed by atoms with E-state index in [1.807, 2.05) is 0 Å². The number of fused-ring (bicyclic) bond motifs is 5. The Balaban J connectivity index is 1.53. The topological polar surface area (TPSA) is 77.6 Å². The Labute approximate surface area is 189 Å². The average Bonchev–Trinajstić information content (AvgIpc) is 3.40. The minimum atomic E-state index is -0.650. The van der Waals surface area contributed by atoms with Gasteiger partial charge in [-0.1, -0.05) is 19.9 Å². The molecule has 2 bridgehead atoms. The molecular formula is C25H21F2N5O. The van der Waals surface area contributed by atoms with Crippen molar-refractivity contribution < 1.29 is 13.2 Å². The number of aromatic nitrogens is 5. The van der Waals surface area contributed by atoms with E-state index in [1.54, 1.807) is 31.6 Å². The number of nitrogens with zero attached hydrogens (tertiary/aromatic N) is 5. The van der Waals surface area contributed by atoms with Gasteiger partial charge in [0.1, 0.15) is 29.3 Å². The number of hydrogen-bond donors (Lipinski definition) is 0. The summed E-state index contributed by atoms with van der Waals surface area (Å²) in [6, 6.07) is 5.61. The van der Waals surface area contributed by atoms with Gasteiger partial charge in [0, 0.05) is 13.1 Å². The van der Waals surface area contributed by atoms with Gasteiger partial charge in [-0.15, -0.1) is 5.10 Å². The van der Waals surface area contributed by atoms with Gasteiger partial charge < -0.3 is 4.42 Å². The summed E-state index contributed by atoms with van der Waals surface area (Å²) >= 11 is 0. The Kier molecular flexibility index (Phi) is 4.09. The second kappa shape index (κ2) is 6.73. The monoisotopic (exact) mass is 445 g/mol. The van der Waals surface area contributed by atoms with Crippen molar-refractivity contribution in [2.75, 3.05) is 0 Å². The Hall–Kier alpha value is -3.55. The minimum Gasteiger partial charge on any atom is -0.449 e. The van der Waals surface area contributed by atoms with E-state index >= 15 is 0 Å². The standard InChI is InChI=1S/C25H21F2N5O/c1-13-29-20(12-33-13)19-10-28-11-21(30-19)25-8-7-15(24(25,2)3)14-9-18(31-32-23(14)25)22-16(26)5-4-6-17(22)27/h4-6,9-12,15H,7-8H2,1-3H3/t15-,25-/m0/s1. The first kappa shape index (κ1) is 20.1. The van der Waals surface area contributed by atoms with Gasteiger partial charge in [-0.3, -0.25) is 4.98 Å². The first-order valence-corrected chi connectivity index (χ1v) is 10.9. The smallest absolute Gasteiger partial charge is 0.191 e. The van der Waals surface area contributed by atoms with Crippen LogP contribution in [0.4, 0.5) is 8.78 Å². The van der Waals surface area contributed by atoms with Crippen LogP contribution in [0.1, 0.15) is 55.4 Å².